The van der Waals surface area contributed by atoms with Crippen molar-refractivity contribution in [2.24, 2.45) is 5.92 Å². The number of benzene rings is 1. The van der Waals surface area contributed by atoms with E-state index in [1.165, 1.54) is 19.3 Å². The second kappa shape index (κ2) is 10.7. The number of carbonyl (C=O) groups is 1. The van der Waals surface area contributed by atoms with Gasteiger partial charge < -0.3 is 15.1 Å². The van der Waals surface area contributed by atoms with Crippen LogP contribution in [0.25, 0.3) is 10.4 Å². The Morgan fingerprint density at radius 3 is 2.33 bits per heavy atom. The highest BCUT2D eigenvalue weighted by Crippen LogP contribution is 2.47. The molecule has 1 amide bonds. The summed E-state index contributed by atoms with van der Waals surface area (Å²) in [4.78, 5) is 24.4. The van der Waals surface area contributed by atoms with E-state index in [4.69, 9.17) is 4.98 Å². The average molecular weight is 568 g/mol. The Bertz CT molecular complexity index is 1340. The van der Waals surface area contributed by atoms with E-state index in [1.54, 1.807) is 11.3 Å². The van der Waals surface area contributed by atoms with Crippen LogP contribution in [0.1, 0.15) is 69.4 Å². The number of nitrogens with one attached hydrogen (secondary N) is 1. The third-order valence-electron chi connectivity index (χ3n) is 8.89. The van der Waals surface area contributed by atoms with Crippen LogP contribution >= 0.6 is 11.3 Å². The topological polar surface area (TPSA) is 106 Å². The zero-order valence-electron chi connectivity index (χ0n) is 22.4. The molecule has 1 N–H and O–H groups in total. The summed E-state index contributed by atoms with van der Waals surface area (Å²) >= 11 is 1.74. The number of aromatic nitrogens is 1. The number of amides is 1. The molecule has 2 aromatic rings. The van der Waals surface area contributed by atoms with Gasteiger partial charge in [0.05, 0.1) is 28.1 Å². The lowest BCUT2D eigenvalue weighted by molar-refractivity contribution is -0.127. The maximum atomic E-state index is 13.5. The van der Waals surface area contributed by atoms with E-state index in [9.17, 15) is 18.5 Å². The van der Waals surface area contributed by atoms with Gasteiger partial charge in [0.15, 0.2) is 15.0 Å². The Morgan fingerprint density at radius 2 is 1.67 bits per heavy atom. The van der Waals surface area contributed by atoms with Gasteiger partial charge in [-0.1, -0.05) is 36.3 Å². The van der Waals surface area contributed by atoms with Crippen molar-refractivity contribution in [2.75, 3.05) is 47.5 Å². The van der Waals surface area contributed by atoms with Crippen LogP contribution in [0.3, 0.4) is 0 Å². The SMILES string of the molecule is N#CC1(NC(=O)C2CCCCC2c2nc(N3CCCCC3)sc2-c2ccc(N3CCS(=O)(=O)CC3)cc2)CC1. The van der Waals surface area contributed by atoms with Gasteiger partial charge in [-0.2, -0.15) is 5.26 Å². The number of carbonyl (C=O) groups excluding carboxylic acids is 1. The highest BCUT2D eigenvalue weighted by atomic mass is 32.2. The number of piperidine rings is 1. The fraction of sp³-hybridized carbons (Fsp3) is 0.621. The normalized spacial score (nSPS) is 26.0. The molecule has 208 valence electrons. The number of hydrogen-bond donors (Lipinski definition) is 1. The lowest BCUT2D eigenvalue weighted by atomic mass is 9.76. The fourth-order valence-electron chi connectivity index (χ4n) is 6.28. The summed E-state index contributed by atoms with van der Waals surface area (Å²) in [5.74, 6) is 0.267. The predicted octanol–water partition coefficient (Wildman–Crippen LogP) is 4.48. The number of hydrogen-bond acceptors (Lipinski definition) is 8. The summed E-state index contributed by atoms with van der Waals surface area (Å²) in [5.41, 5.74) is 2.50. The first-order valence-corrected chi connectivity index (χ1v) is 17.0. The molecular formula is C29H37N5O3S2. The minimum absolute atomic E-state index is 0.00706. The predicted molar refractivity (Wildman–Crippen MR) is 155 cm³/mol. The van der Waals surface area contributed by atoms with Crippen molar-refractivity contribution in [1.29, 1.82) is 5.26 Å². The summed E-state index contributed by atoms with van der Waals surface area (Å²) in [6, 6.07) is 10.7. The van der Waals surface area contributed by atoms with Crippen LogP contribution in [0, 0.1) is 17.2 Å². The van der Waals surface area contributed by atoms with Crippen LogP contribution in [-0.2, 0) is 14.6 Å². The van der Waals surface area contributed by atoms with Crippen molar-refractivity contribution >= 4 is 37.9 Å². The van der Waals surface area contributed by atoms with Crippen LogP contribution in [0.2, 0.25) is 0 Å². The van der Waals surface area contributed by atoms with E-state index in [0.29, 0.717) is 13.1 Å². The number of rotatable bonds is 6. The molecule has 4 aliphatic rings. The fourth-order valence-corrected chi connectivity index (χ4v) is 8.68. The molecule has 2 saturated heterocycles. The molecule has 3 heterocycles. The second-order valence-corrected chi connectivity index (χ2v) is 14.9. The Hall–Kier alpha value is -2.64. The Kier molecular flexibility index (Phi) is 7.32. The van der Waals surface area contributed by atoms with Crippen molar-refractivity contribution in [3.63, 3.8) is 0 Å². The van der Waals surface area contributed by atoms with E-state index in [1.807, 2.05) is 0 Å². The van der Waals surface area contributed by atoms with Gasteiger partial charge in [0, 0.05) is 43.7 Å². The van der Waals surface area contributed by atoms with Crippen molar-refractivity contribution in [2.45, 2.75) is 69.2 Å². The summed E-state index contributed by atoms with van der Waals surface area (Å²) in [6.45, 7) is 3.08. The zero-order chi connectivity index (χ0) is 27.0. The summed E-state index contributed by atoms with van der Waals surface area (Å²) in [5, 5.41) is 13.7. The highest BCUT2D eigenvalue weighted by molar-refractivity contribution is 7.91. The van der Waals surface area contributed by atoms with Gasteiger partial charge in [0.2, 0.25) is 5.91 Å². The van der Waals surface area contributed by atoms with E-state index < -0.39 is 15.4 Å². The molecule has 6 rings (SSSR count). The first kappa shape index (κ1) is 26.6. The minimum atomic E-state index is -2.93. The molecule has 2 aliphatic heterocycles. The third kappa shape index (κ3) is 5.66. The van der Waals surface area contributed by atoms with Gasteiger partial charge >= 0.3 is 0 Å². The summed E-state index contributed by atoms with van der Waals surface area (Å²) < 4.78 is 23.8. The van der Waals surface area contributed by atoms with Crippen molar-refractivity contribution in [3.05, 3.63) is 30.0 Å². The van der Waals surface area contributed by atoms with Gasteiger partial charge in [-0.05, 0) is 62.6 Å². The Labute approximate surface area is 235 Å². The number of nitrogens with zero attached hydrogens (tertiary/aromatic N) is 4. The lowest BCUT2D eigenvalue weighted by Gasteiger charge is -2.31. The summed E-state index contributed by atoms with van der Waals surface area (Å²) in [7, 11) is -2.93. The highest BCUT2D eigenvalue weighted by Gasteiger charge is 2.47. The standard InChI is InChI=1S/C29H37N5O3S2/c30-20-29(12-13-29)32-27(35)24-7-3-2-6-23(24)25-26(38-28(31-25)34-14-4-1-5-15-34)21-8-10-22(11-9-21)33-16-18-39(36,37)19-17-33/h8-11,23-24H,1-7,12-19H2,(H,32,35). The third-order valence-corrected chi connectivity index (χ3v) is 11.7. The van der Waals surface area contributed by atoms with Gasteiger partial charge in [-0.3, -0.25) is 4.79 Å². The van der Waals surface area contributed by atoms with E-state index >= 15 is 0 Å². The molecule has 1 aromatic heterocycles. The van der Waals surface area contributed by atoms with E-state index in [0.717, 1.165) is 78.6 Å². The van der Waals surface area contributed by atoms with Crippen molar-refractivity contribution in [3.8, 4) is 16.5 Å². The Morgan fingerprint density at radius 1 is 0.974 bits per heavy atom. The molecule has 0 radical (unpaired) electrons. The van der Waals surface area contributed by atoms with Crippen molar-refractivity contribution < 1.29 is 13.2 Å². The van der Waals surface area contributed by atoms with Crippen molar-refractivity contribution in [1.82, 2.24) is 10.3 Å². The van der Waals surface area contributed by atoms with Gasteiger partial charge in [0.25, 0.3) is 0 Å². The van der Waals surface area contributed by atoms with Crippen LogP contribution in [0.4, 0.5) is 10.8 Å². The summed E-state index contributed by atoms with van der Waals surface area (Å²) in [6.07, 6.45) is 8.93. The van der Waals surface area contributed by atoms with Gasteiger partial charge in [0.1, 0.15) is 5.54 Å². The van der Waals surface area contributed by atoms with Crippen LogP contribution < -0.4 is 15.1 Å². The molecular weight excluding hydrogens is 530 g/mol. The largest absolute Gasteiger partial charge is 0.369 e. The molecule has 39 heavy (non-hydrogen) atoms. The molecule has 2 aliphatic carbocycles. The molecule has 4 fully saturated rings. The van der Waals surface area contributed by atoms with Crippen LogP contribution in [0.5, 0.6) is 0 Å². The van der Waals surface area contributed by atoms with Crippen LogP contribution in [-0.4, -0.2) is 62.5 Å². The first-order valence-electron chi connectivity index (χ1n) is 14.4. The first-order chi connectivity index (χ1) is 18.9. The van der Waals surface area contributed by atoms with Gasteiger partial charge in [-0.15, -0.1) is 0 Å². The maximum absolute atomic E-state index is 13.5. The second-order valence-electron chi connectivity index (χ2n) is 11.6. The lowest BCUT2D eigenvalue weighted by Crippen LogP contribution is -2.42. The molecule has 10 heteroatoms. The number of thiazole rings is 1. The van der Waals surface area contributed by atoms with E-state index in [-0.39, 0.29) is 29.2 Å². The molecule has 8 nitrogen and oxygen atoms in total. The number of anilines is 2. The molecule has 2 atom stereocenters. The maximum Gasteiger partial charge on any atom is 0.225 e. The minimum Gasteiger partial charge on any atom is -0.369 e. The molecule has 0 spiro atoms. The van der Waals surface area contributed by atoms with E-state index in [2.05, 4.69) is 45.5 Å². The molecule has 2 saturated carbocycles. The average Bonchev–Trinajstić information content (AvgIpc) is 3.60. The molecule has 1 aromatic carbocycles. The van der Waals surface area contributed by atoms with Gasteiger partial charge in [-0.25, -0.2) is 13.4 Å². The quantitative estimate of drug-likeness (QED) is 0.549. The molecule has 0 bridgehead atoms. The smallest absolute Gasteiger partial charge is 0.225 e. The number of nitriles is 1. The Balaban J connectivity index is 1.31. The zero-order valence-corrected chi connectivity index (χ0v) is 24.0. The monoisotopic (exact) mass is 567 g/mol. The molecule has 2 unspecified atom stereocenters. The van der Waals surface area contributed by atoms with Crippen LogP contribution in [0.15, 0.2) is 24.3 Å². The number of sulfone groups is 1.